The Labute approximate surface area is 254 Å². The van der Waals surface area contributed by atoms with Crippen LogP contribution in [0.15, 0.2) is 36.5 Å². The molecule has 0 N–H and O–H groups in total. The summed E-state index contributed by atoms with van der Waals surface area (Å²) in [5.41, 5.74) is 0. The van der Waals surface area contributed by atoms with Crippen molar-refractivity contribution in [3.8, 4) is 0 Å². The standard InChI is InChI=1S/C37H66O4/c1-4-6-8-10-12-14-16-18-20-22-24-26-28-30-32-34-36(38)40-41-37(39)35(3)33-31-29-27-25-23-21-19-17-15-13-11-9-7-5-2/h13,15,18-21,35H,4-12,14,16-17,22-34H2,1-3H3/b15-13-,20-18-,21-19-/t35-/m1/s1. The predicted molar refractivity (Wildman–Crippen MR) is 176 cm³/mol. The molecule has 0 aromatic rings. The molecule has 0 heterocycles. The third-order valence-corrected chi connectivity index (χ3v) is 7.60. The largest absolute Gasteiger partial charge is 0.358 e. The topological polar surface area (TPSA) is 52.6 Å². The zero-order valence-corrected chi connectivity index (χ0v) is 27.4. The highest BCUT2D eigenvalue weighted by Gasteiger charge is 2.17. The molecule has 0 amide bonds. The highest BCUT2D eigenvalue weighted by atomic mass is 17.2. The van der Waals surface area contributed by atoms with Gasteiger partial charge in [0.1, 0.15) is 0 Å². The van der Waals surface area contributed by atoms with Gasteiger partial charge < -0.3 is 0 Å². The molecule has 0 aromatic heterocycles. The van der Waals surface area contributed by atoms with E-state index in [4.69, 9.17) is 9.78 Å². The monoisotopic (exact) mass is 574 g/mol. The van der Waals surface area contributed by atoms with E-state index in [1.54, 1.807) is 0 Å². The van der Waals surface area contributed by atoms with Crippen LogP contribution in [0.2, 0.25) is 0 Å². The third kappa shape index (κ3) is 30.9. The predicted octanol–water partition coefficient (Wildman–Crippen LogP) is 12.1. The first kappa shape index (κ1) is 39.2. The van der Waals surface area contributed by atoms with Crippen LogP contribution in [-0.4, -0.2) is 11.9 Å². The van der Waals surface area contributed by atoms with Crippen molar-refractivity contribution in [2.75, 3.05) is 0 Å². The lowest BCUT2D eigenvalue weighted by Crippen LogP contribution is -2.17. The summed E-state index contributed by atoms with van der Waals surface area (Å²) in [5.74, 6) is -1.12. The molecule has 0 rings (SSSR count). The Morgan fingerprint density at radius 2 is 0.927 bits per heavy atom. The number of hydrogen-bond donors (Lipinski definition) is 0. The van der Waals surface area contributed by atoms with Crippen LogP contribution in [-0.2, 0) is 19.4 Å². The highest BCUT2D eigenvalue weighted by molar-refractivity contribution is 5.74. The van der Waals surface area contributed by atoms with Gasteiger partial charge in [0, 0.05) is 0 Å². The first-order valence-electron chi connectivity index (χ1n) is 17.5. The lowest BCUT2D eigenvalue weighted by atomic mass is 10.0. The second-order valence-corrected chi connectivity index (χ2v) is 11.8. The minimum atomic E-state index is -0.441. The summed E-state index contributed by atoms with van der Waals surface area (Å²) in [6.07, 6.45) is 42.4. The van der Waals surface area contributed by atoms with Crippen molar-refractivity contribution < 1.29 is 19.4 Å². The first-order valence-corrected chi connectivity index (χ1v) is 17.5. The summed E-state index contributed by atoms with van der Waals surface area (Å²) in [5, 5.41) is 0. The van der Waals surface area contributed by atoms with E-state index in [-0.39, 0.29) is 5.92 Å². The molecule has 0 spiro atoms. The summed E-state index contributed by atoms with van der Waals surface area (Å²) in [7, 11) is 0. The van der Waals surface area contributed by atoms with Crippen molar-refractivity contribution >= 4 is 11.9 Å². The quantitative estimate of drug-likeness (QED) is 0.0386. The Balaban J connectivity index is 3.52. The van der Waals surface area contributed by atoms with Gasteiger partial charge >= 0.3 is 11.9 Å². The summed E-state index contributed by atoms with van der Waals surface area (Å²) in [6, 6.07) is 0. The summed E-state index contributed by atoms with van der Waals surface area (Å²) >= 11 is 0. The Bertz CT molecular complexity index is 664. The van der Waals surface area contributed by atoms with Crippen molar-refractivity contribution in [2.45, 2.75) is 181 Å². The maximum Gasteiger partial charge on any atom is 0.358 e. The lowest BCUT2D eigenvalue weighted by Gasteiger charge is -2.09. The maximum absolute atomic E-state index is 12.1. The number of allylic oxidation sites excluding steroid dienone is 6. The fourth-order valence-electron chi connectivity index (χ4n) is 4.75. The average molecular weight is 575 g/mol. The molecule has 1 atom stereocenters. The molecule has 0 saturated heterocycles. The molecule has 0 aromatic carbocycles. The van der Waals surface area contributed by atoms with Gasteiger partial charge in [0.15, 0.2) is 0 Å². The molecular formula is C37H66O4. The molecule has 0 aliphatic rings. The molecule has 0 fully saturated rings. The molecule has 41 heavy (non-hydrogen) atoms. The van der Waals surface area contributed by atoms with Crippen LogP contribution in [0.1, 0.15) is 181 Å². The molecule has 0 unspecified atom stereocenters. The van der Waals surface area contributed by atoms with Gasteiger partial charge in [-0.05, 0) is 70.6 Å². The Hall–Kier alpha value is -1.84. The zero-order chi connectivity index (χ0) is 30.1. The van der Waals surface area contributed by atoms with Gasteiger partial charge in [-0.1, -0.05) is 141 Å². The lowest BCUT2D eigenvalue weighted by molar-refractivity contribution is -0.262. The number of rotatable bonds is 29. The van der Waals surface area contributed by atoms with Gasteiger partial charge in [-0.2, -0.15) is 0 Å². The van der Waals surface area contributed by atoms with Crippen LogP contribution in [0.25, 0.3) is 0 Å². The molecule has 0 saturated carbocycles. The van der Waals surface area contributed by atoms with Crippen LogP contribution in [0.4, 0.5) is 0 Å². The molecule has 238 valence electrons. The Morgan fingerprint density at radius 3 is 1.49 bits per heavy atom. The molecule has 0 aliphatic heterocycles. The van der Waals surface area contributed by atoms with Crippen molar-refractivity contribution in [1.29, 1.82) is 0 Å². The van der Waals surface area contributed by atoms with Crippen molar-refractivity contribution in [1.82, 2.24) is 0 Å². The minimum absolute atomic E-state index is 0.244. The number of carbonyl (C=O) groups excluding carboxylic acids is 2. The van der Waals surface area contributed by atoms with E-state index in [1.165, 1.54) is 96.3 Å². The summed E-state index contributed by atoms with van der Waals surface area (Å²) in [6.45, 7) is 6.34. The van der Waals surface area contributed by atoms with Crippen LogP contribution < -0.4 is 0 Å². The first-order chi connectivity index (χ1) is 20.1. The van der Waals surface area contributed by atoms with E-state index in [2.05, 4.69) is 50.3 Å². The van der Waals surface area contributed by atoms with E-state index in [9.17, 15) is 9.59 Å². The van der Waals surface area contributed by atoms with Crippen LogP contribution in [0.5, 0.6) is 0 Å². The summed E-state index contributed by atoms with van der Waals surface area (Å²) in [4.78, 5) is 33.5. The molecule has 4 heteroatoms. The van der Waals surface area contributed by atoms with E-state index in [1.807, 2.05) is 6.92 Å². The Morgan fingerprint density at radius 1 is 0.512 bits per heavy atom. The fourth-order valence-corrected chi connectivity index (χ4v) is 4.75. The molecule has 0 aliphatic carbocycles. The van der Waals surface area contributed by atoms with E-state index >= 15 is 0 Å². The number of unbranched alkanes of at least 4 members (excludes halogenated alkanes) is 18. The summed E-state index contributed by atoms with van der Waals surface area (Å²) < 4.78 is 0. The van der Waals surface area contributed by atoms with Crippen molar-refractivity contribution in [2.24, 2.45) is 5.92 Å². The van der Waals surface area contributed by atoms with Crippen LogP contribution in [0.3, 0.4) is 0 Å². The molecule has 0 bridgehead atoms. The van der Waals surface area contributed by atoms with Gasteiger partial charge in [0.05, 0.1) is 12.3 Å². The van der Waals surface area contributed by atoms with Crippen molar-refractivity contribution in [3.63, 3.8) is 0 Å². The normalized spacial score (nSPS) is 12.6. The van der Waals surface area contributed by atoms with Crippen LogP contribution >= 0.6 is 0 Å². The van der Waals surface area contributed by atoms with Crippen LogP contribution in [0, 0.1) is 5.92 Å². The van der Waals surface area contributed by atoms with E-state index < -0.39 is 11.9 Å². The SMILES string of the molecule is CCCCC/C=C\C/C=C\CCCCCC[C@@H](C)C(=O)OOC(=O)CCCCCCC/C=C\CCCCCCCC. The average Bonchev–Trinajstić information content (AvgIpc) is 2.97. The molecule has 0 radical (unpaired) electrons. The third-order valence-electron chi connectivity index (χ3n) is 7.60. The zero-order valence-electron chi connectivity index (χ0n) is 27.4. The maximum atomic E-state index is 12.1. The Kier molecular flexibility index (Phi) is 31.2. The van der Waals surface area contributed by atoms with Crippen molar-refractivity contribution in [3.05, 3.63) is 36.5 Å². The molecular weight excluding hydrogens is 508 g/mol. The second-order valence-electron chi connectivity index (χ2n) is 11.8. The van der Waals surface area contributed by atoms with Gasteiger partial charge in [-0.25, -0.2) is 19.4 Å². The second kappa shape index (κ2) is 32.7. The van der Waals surface area contributed by atoms with Gasteiger partial charge in [0.25, 0.3) is 0 Å². The minimum Gasteiger partial charge on any atom is -0.247 e. The number of carbonyl (C=O) groups is 2. The van der Waals surface area contributed by atoms with E-state index in [0.717, 1.165) is 57.8 Å². The van der Waals surface area contributed by atoms with Gasteiger partial charge in [-0.3, -0.25) is 0 Å². The van der Waals surface area contributed by atoms with Gasteiger partial charge in [0.2, 0.25) is 0 Å². The number of hydrogen-bond acceptors (Lipinski definition) is 4. The van der Waals surface area contributed by atoms with E-state index in [0.29, 0.717) is 6.42 Å². The highest BCUT2D eigenvalue weighted by Crippen LogP contribution is 2.14. The smallest absolute Gasteiger partial charge is 0.247 e. The fraction of sp³-hybridized carbons (Fsp3) is 0.784. The molecule has 4 nitrogen and oxygen atoms in total. The van der Waals surface area contributed by atoms with Gasteiger partial charge in [-0.15, -0.1) is 0 Å².